The quantitative estimate of drug-likeness (QED) is 0.821. The lowest BCUT2D eigenvalue weighted by atomic mass is 10.1. The number of benzene rings is 1. The second-order valence-electron chi connectivity index (χ2n) is 4.01. The third kappa shape index (κ3) is 5.30. The molecular weight excluding hydrogens is 310 g/mol. The van der Waals surface area contributed by atoms with Gasteiger partial charge < -0.3 is 5.32 Å². The van der Waals surface area contributed by atoms with Crippen molar-refractivity contribution in [2.45, 2.75) is 11.8 Å². The average Bonchev–Trinajstić information content (AvgIpc) is 2.26. The van der Waals surface area contributed by atoms with Crippen molar-refractivity contribution in [3.63, 3.8) is 0 Å². The number of carbonyl (C=O) groups is 1. The van der Waals surface area contributed by atoms with E-state index in [0.29, 0.717) is 11.3 Å². The molecule has 5 nitrogen and oxygen atoms in total. The molecule has 19 heavy (non-hydrogen) atoms. The summed E-state index contributed by atoms with van der Waals surface area (Å²) in [5.41, 5.74) is 0.826. The number of nitrogens with one attached hydrogen (secondary N) is 1. The van der Waals surface area contributed by atoms with Crippen LogP contribution in [0, 0.1) is 6.92 Å². The third-order valence-electron chi connectivity index (χ3n) is 2.27. The Balaban J connectivity index is 2.92. The zero-order valence-electron chi connectivity index (χ0n) is 10.5. The fraction of sp³-hybridized carbons (Fsp3) is 0.364. The normalized spacial score (nSPS) is 13.0. The lowest BCUT2D eigenvalue weighted by Crippen LogP contribution is -2.27. The summed E-state index contributed by atoms with van der Waals surface area (Å²) in [7, 11) is 0.389. The van der Waals surface area contributed by atoms with E-state index in [9.17, 15) is 17.4 Å². The Morgan fingerprint density at radius 3 is 2.53 bits per heavy atom. The zero-order valence-corrected chi connectivity index (χ0v) is 12.9. The molecule has 8 heteroatoms. The smallest absolute Gasteiger partial charge is 0.261 e. The molecule has 0 bridgehead atoms. The molecule has 0 saturated heterocycles. The molecule has 1 N–H and O–H groups in total. The van der Waals surface area contributed by atoms with Gasteiger partial charge in [0.25, 0.3) is 15.0 Å². The van der Waals surface area contributed by atoms with Gasteiger partial charge in [-0.3, -0.25) is 9.00 Å². The van der Waals surface area contributed by atoms with Crippen LogP contribution < -0.4 is 5.32 Å². The van der Waals surface area contributed by atoms with Crippen LogP contribution in [0.4, 0.5) is 0 Å². The van der Waals surface area contributed by atoms with Crippen molar-refractivity contribution in [3.8, 4) is 0 Å². The van der Waals surface area contributed by atoms with Gasteiger partial charge in [0.15, 0.2) is 0 Å². The van der Waals surface area contributed by atoms with E-state index in [4.69, 9.17) is 10.7 Å². The minimum absolute atomic E-state index is 0.113. The van der Waals surface area contributed by atoms with Crippen LogP contribution in [0.2, 0.25) is 0 Å². The summed E-state index contributed by atoms with van der Waals surface area (Å²) in [6.07, 6.45) is 1.54. The lowest BCUT2D eigenvalue weighted by molar-refractivity contribution is 0.0956. The molecule has 0 aliphatic heterocycles. The molecule has 106 valence electrons. The molecule has 1 aromatic rings. The first-order chi connectivity index (χ1) is 8.70. The van der Waals surface area contributed by atoms with Crippen molar-refractivity contribution in [2.24, 2.45) is 0 Å². The average molecular weight is 324 g/mol. The Labute approximate surface area is 119 Å². The van der Waals surface area contributed by atoms with E-state index in [1.165, 1.54) is 18.4 Å². The first-order valence-corrected chi connectivity index (χ1v) is 9.38. The van der Waals surface area contributed by atoms with Gasteiger partial charge >= 0.3 is 0 Å². The maximum absolute atomic E-state index is 11.8. The van der Waals surface area contributed by atoms with Gasteiger partial charge in [0.1, 0.15) is 0 Å². The van der Waals surface area contributed by atoms with Crippen LogP contribution in [0.3, 0.4) is 0 Å². The van der Waals surface area contributed by atoms with Crippen LogP contribution in [0.25, 0.3) is 0 Å². The highest BCUT2D eigenvalue weighted by Crippen LogP contribution is 2.18. The predicted molar refractivity (Wildman–Crippen MR) is 75.5 cm³/mol. The molecule has 1 rings (SSSR count). The Hall–Kier alpha value is -0.920. The fourth-order valence-electron chi connectivity index (χ4n) is 1.43. The minimum Gasteiger partial charge on any atom is -0.351 e. The van der Waals surface area contributed by atoms with Crippen molar-refractivity contribution in [2.75, 3.05) is 18.6 Å². The molecule has 0 spiro atoms. The van der Waals surface area contributed by atoms with Crippen LogP contribution in [-0.4, -0.2) is 37.1 Å². The summed E-state index contributed by atoms with van der Waals surface area (Å²) < 4.78 is 33.4. The van der Waals surface area contributed by atoms with E-state index in [0.717, 1.165) is 0 Å². The number of hydrogen-bond donors (Lipinski definition) is 1. The molecular formula is C11H14ClNO4S2. The van der Waals surface area contributed by atoms with Crippen molar-refractivity contribution in [1.82, 2.24) is 5.32 Å². The number of halogens is 1. The molecule has 1 amide bonds. The lowest BCUT2D eigenvalue weighted by Gasteiger charge is -2.06. The zero-order chi connectivity index (χ0) is 14.6. The molecule has 1 unspecified atom stereocenters. The monoisotopic (exact) mass is 323 g/mol. The third-order valence-corrected chi connectivity index (χ3v) is 4.38. The van der Waals surface area contributed by atoms with Gasteiger partial charge in [-0.1, -0.05) is 0 Å². The predicted octanol–water partition coefficient (Wildman–Crippen LogP) is 1.03. The molecule has 0 radical (unpaired) electrons. The van der Waals surface area contributed by atoms with Crippen LogP contribution in [-0.2, 0) is 19.9 Å². The van der Waals surface area contributed by atoms with Gasteiger partial charge in [-0.25, -0.2) is 8.42 Å². The Morgan fingerprint density at radius 2 is 2.00 bits per heavy atom. The number of amides is 1. The van der Waals surface area contributed by atoms with Gasteiger partial charge in [0, 0.05) is 45.6 Å². The number of hydrogen-bond acceptors (Lipinski definition) is 4. The van der Waals surface area contributed by atoms with Crippen molar-refractivity contribution in [3.05, 3.63) is 29.3 Å². The number of carbonyl (C=O) groups excluding carboxylic acids is 1. The number of rotatable bonds is 5. The first-order valence-electron chi connectivity index (χ1n) is 5.35. The highest BCUT2D eigenvalue weighted by Gasteiger charge is 2.14. The summed E-state index contributed by atoms with van der Waals surface area (Å²) in [5, 5.41) is 2.57. The van der Waals surface area contributed by atoms with Crippen molar-refractivity contribution >= 4 is 36.4 Å². The minimum atomic E-state index is -3.87. The van der Waals surface area contributed by atoms with Crippen molar-refractivity contribution in [1.29, 1.82) is 0 Å². The largest absolute Gasteiger partial charge is 0.351 e. The van der Waals surface area contributed by atoms with Gasteiger partial charge in [-0.15, -0.1) is 0 Å². The summed E-state index contributed by atoms with van der Waals surface area (Å²) in [6, 6.07) is 4.16. The molecule has 0 fully saturated rings. The molecule has 1 atom stereocenters. The fourth-order valence-corrected chi connectivity index (χ4v) is 2.68. The van der Waals surface area contributed by atoms with Gasteiger partial charge in [-0.2, -0.15) is 0 Å². The summed E-state index contributed by atoms with van der Waals surface area (Å²) in [6.45, 7) is 1.93. The van der Waals surface area contributed by atoms with E-state index in [1.54, 1.807) is 13.0 Å². The number of aryl methyl sites for hydroxylation is 1. The van der Waals surface area contributed by atoms with Gasteiger partial charge in [-0.05, 0) is 30.7 Å². The summed E-state index contributed by atoms with van der Waals surface area (Å²) in [5.74, 6) is -0.0752. The highest BCUT2D eigenvalue weighted by molar-refractivity contribution is 8.13. The van der Waals surface area contributed by atoms with E-state index < -0.39 is 25.8 Å². The van der Waals surface area contributed by atoms with Crippen LogP contribution in [0.5, 0.6) is 0 Å². The van der Waals surface area contributed by atoms with Crippen LogP contribution in [0.15, 0.2) is 23.1 Å². The molecule has 0 aliphatic carbocycles. The highest BCUT2D eigenvalue weighted by atomic mass is 35.7. The topological polar surface area (TPSA) is 80.3 Å². The second-order valence-corrected chi connectivity index (χ2v) is 8.13. The standard InChI is InChI=1S/C11H14ClNO4S2/c1-8-5-9(7-10(6-8)19(12,16)17)11(14)13-3-4-18(2)15/h5-7H,3-4H2,1-2H3,(H,13,14). The molecule has 0 aromatic heterocycles. The SMILES string of the molecule is Cc1cc(C(=O)NCCS(C)=O)cc(S(=O)(=O)Cl)c1. The van der Waals surface area contributed by atoms with E-state index in [-0.39, 0.29) is 17.0 Å². The van der Waals surface area contributed by atoms with E-state index in [1.807, 2.05) is 0 Å². The van der Waals surface area contributed by atoms with Gasteiger partial charge in [0.2, 0.25) is 0 Å². The molecule has 0 saturated carbocycles. The Morgan fingerprint density at radius 1 is 1.37 bits per heavy atom. The molecule has 0 heterocycles. The maximum Gasteiger partial charge on any atom is 0.261 e. The first kappa shape index (κ1) is 16.1. The Bertz CT molecular complexity index is 613. The van der Waals surface area contributed by atoms with E-state index >= 15 is 0 Å². The summed E-state index contributed by atoms with van der Waals surface area (Å²) in [4.78, 5) is 11.7. The second kappa shape index (κ2) is 6.49. The van der Waals surface area contributed by atoms with Gasteiger partial charge in [0.05, 0.1) is 4.90 Å². The summed E-state index contributed by atoms with van der Waals surface area (Å²) >= 11 is 0. The van der Waals surface area contributed by atoms with Crippen LogP contribution >= 0.6 is 10.7 Å². The molecule has 1 aromatic carbocycles. The Kier molecular flexibility index (Phi) is 5.51. The van der Waals surface area contributed by atoms with Crippen LogP contribution in [0.1, 0.15) is 15.9 Å². The van der Waals surface area contributed by atoms with Crippen molar-refractivity contribution < 1.29 is 17.4 Å². The van der Waals surface area contributed by atoms with E-state index in [2.05, 4.69) is 5.32 Å². The maximum atomic E-state index is 11.8. The molecule has 0 aliphatic rings.